The van der Waals surface area contributed by atoms with Gasteiger partial charge in [0, 0.05) is 17.4 Å². The summed E-state index contributed by atoms with van der Waals surface area (Å²) in [5.74, 6) is -0.918. The van der Waals surface area contributed by atoms with E-state index in [9.17, 15) is 18.0 Å². The van der Waals surface area contributed by atoms with Crippen molar-refractivity contribution in [2.45, 2.75) is 71.6 Å². The van der Waals surface area contributed by atoms with Crippen LogP contribution in [-0.2, 0) is 19.4 Å². The van der Waals surface area contributed by atoms with E-state index in [4.69, 9.17) is 0 Å². The van der Waals surface area contributed by atoms with Gasteiger partial charge < -0.3 is 5.32 Å². The number of hydrogen-bond donors (Lipinski definition) is 1. The van der Waals surface area contributed by atoms with Gasteiger partial charge in [0.25, 0.3) is 0 Å². The number of ketones is 1. The van der Waals surface area contributed by atoms with Gasteiger partial charge >= 0.3 is 0 Å². The molecule has 1 aliphatic rings. The van der Waals surface area contributed by atoms with E-state index in [-0.39, 0.29) is 23.7 Å². The molecule has 0 aromatic carbocycles. The molecule has 0 heterocycles. The van der Waals surface area contributed by atoms with E-state index in [0.717, 1.165) is 6.42 Å². The highest BCUT2D eigenvalue weighted by Crippen LogP contribution is 2.29. The Morgan fingerprint density at radius 2 is 1.59 bits per heavy atom. The summed E-state index contributed by atoms with van der Waals surface area (Å²) in [5.41, 5.74) is -0.461. The minimum Gasteiger partial charge on any atom is -0.353 e. The van der Waals surface area contributed by atoms with Crippen molar-refractivity contribution in [1.29, 1.82) is 0 Å². The quantitative estimate of drug-likeness (QED) is 0.855. The predicted octanol–water partition coefficient (Wildman–Crippen LogP) is 2.10. The lowest BCUT2D eigenvalue weighted by atomic mass is 9.95. The van der Waals surface area contributed by atoms with Crippen LogP contribution in [0.25, 0.3) is 0 Å². The second kappa shape index (κ2) is 6.30. The summed E-state index contributed by atoms with van der Waals surface area (Å²) in [5, 5.41) is 2.96. The summed E-state index contributed by atoms with van der Waals surface area (Å²) in [7, 11) is -3.44. The Kier molecular flexibility index (Phi) is 5.48. The predicted molar refractivity (Wildman–Crippen MR) is 87.3 cm³/mol. The zero-order chi connectivity index (χ0) is 17.3. The van der Waals surface area contributed by atoms with Crippen LogP contribution in [0.1, 0.15) is 60.8 Å². The first-order valence-electron chi connectivity index (χ1n) is 7.80. The molecule has 1 saturated carbocycles. The summed E-state index contributed by atoms with van der Waals surface area (Å²) in [6, 6.07) is -0.0296. The van der Waals surface area contributed by atoms with E-state index in [2.05, 4.69) is 5.32 Å². The van der Waals surface area contributed by atoms with Crippen molar-refractivity contribution in [3.05, 3.63) is 0 Å². The molecule has 128 valence electrons. The molecule has 6 heteroatoms. The fourth-order valence-corrected chi connectivity index (χ4v) is 3.37. The van der Waals surface area contributed by atoms with Gasteiger partial charge in [-0.2, -0.15) is 0 Å². The molecule has 0 radical (unpaired) electrons. The third kappa shape index (κ3) is 4.80. The van der Waals surface area contributed by atoms with E-state index < -0.39 is 25.8 Å². The number of carbonyl (C=O) groups excluding carboxylic acids is 2. The van der Waals surface area contributed by atoms with Crippen molar-refractivity contribution in [2.75, 3.05) is 5.75 Å². The molecule has 0 aromatic heterocycles. The lowest BCUT2D eigenvalue weighted by molar-refractivity contribution is -0.129. The van der Waals surface area contributed by atoms with Crippen LogP contribution in [-0.4, -0.2) is 36.6 Å². The van der Waals surface area contributed by atoms with Crippen LogP contribution in [0.4, 0.5) is 0 Å². The molecule has 5 nitrogen and oxygen atoms in total. The SMILES string of the molecule is CC(C)(C)C(=O)N[C@@H]1CC[C@H](C(=O)CS(=O)(=O)C(C)(C)C)C1. The molecule has 0 saturated heterocycles. The maximum absolute atomic E-state index is 12.2. The summed E-state index contributed by atoms with van der Waals surface area (Å²) in [4.78, 5) is 24.2. The normalized spacial score (nSPS) is 23.4. The van der Waals surface area contributed by atoms with Crippen LogP contribution in [0.2, 0.25) is 0 Å². The molecule has 0 aromatic rings. The Bertz CT molecular complexity index is 537. The van der Waals surface area contributed by atoms with Crippen LogP contribution in [0.15, 0.2) is 0 Å². The van der Waals surface area contributed by atoms with Gasteiger partial charge in [-0.25, -0.2) is 8.42 Å². The first-order valence-corrected chi connectivity index (χ1v) is 9.45. The van der Waals surface area contributed by atoms with Crippen LogP contribution in [0.5, 0.6) is 0 Å². The summed E-state index contributed by atoms with van der Waals surface area (Å²) in [6.45, 7) is 10.4. The van der Waals surface area contributed by atoms with Crippen molar-refractivity contribution >= 4 is 21.5 Å². The van der Waals surface area contributed by atoms with E-state index in [1.807, 2.05) is 20.8 Å². The Morgan fingerprint density at radius 3 is 2.05 bits per heavy atom. The van der Waals surface area contributed by atoms with Gasteiger partial charge in [0.05, 0.1) is 4.75 Å². The number of Topliss-reactive ketones (excluding diaryl/α,β-unsaturated/α-hetero) is 1. The van der Waals surface area contributed by atoms with Gasteiger partial charge in [-0.15, -0.1) is 0 Å². The summed E-state index contributed by atoms with van der Waals surface area (Å²) < 4.78 is 23.3. The topological polar surface area (TPSA) is 80.3 Å². The maximum atomic E-state index is 12.2. The highest BCUT2D eigenvalue weighted by Gasteiger charge is 2.37. The molecule has 22 heavy (non-hydrogen) atoms. The molecule has 0 spiro atoms. The molecule has 2 atom stereocenters. The lowest BCUT2D eigenvalue weighted by Crippen LogP contribution is -2.41. The second-order valence-corrected chi connectivity index (χ2v) is 11.0. The van der Waals surface area contributed by atoms with Gasteiger partial charge in [0.2, 0.25) is 5.91 Å². The third-order valence-electron chi connectivity index (χ3n) is 4.17. The van der Waals surface area contributed by atoms with Crippen molar-refractivity contribution < 1.29 is 18.0 Å². The third-order valence-corrected chi connectivity index (χ3v) is 6.70. The first kappa shape index (κ1) is 19.1. The van der Waals surface area contributed by atoms with Gasteiger partial charge in [-0.1, -0.05) is 20.8 Å². The number of carbonyl (C=O) groups is 2. The molecular weight excluding hydrogens is 302 g/mol. The van der Waals surface area contributed by atoms with Crippen LogP contribution >= 0.6 is 0 Å². The van der Waals surface area contributed by atoms with E-state index in [1.165, 1.54) is 0 Å². The average Bonchev–Trinajstić information content (AvgIpc) is 2.74. The Morgan fingerprint density at radius 1 is 1.05 bits per heavy atom. The minimum atomic E-state index is -3.44. The number of hydrogen-bond acceptors (Lipinski definition) is 4. The Labute approximate surface area is 134 Å². The maximum Gasteiger partial charge on any atom is 0.225 e. The average molecular weight is 331 g/mol. The fraction of sp³-hybridized carbons (Fsp3) is 0.875. The molecule has 0 bridgehead atoms. The molecule has 1 aliphatic carbocycles. The molecule has 1 amide bonds. The van der Waals surface area contributed by atoms with Gasteiger partial charge in [-0.3, -0.25) is 9.59 Å². The van der Waals surface area contributed by atoms with Crippen LogP contribution < -0.4 is 5.32 Å². The number of sulfone groups is 1. The Hall–Kier alpha value is -0.910. The van der Waals surface area contributed by atoms with E-state index >= 15 is 0 Å². The van der Waals surface area contributed by atoms with Crippen molar-refractivity contribution in [3.8, 4) is 0 Å². The number of amides is 1. The molecule has 1 fully saturated rings. The molecule has 1 N–H and O–H groups in total. The van der Waals surface area contributed by atoms with E-state index in [1.54, 1.807) is 20.8 Å². The summed E-state index contributed by atoms with van der Waals surface area (Å²) >= 11 is 0. The number of nitrogens with one attached hydrogen (secondary N) is 1. The zero-order valence-electron chi connectivity index (χ0n) is 14.5. The zero-order valence-corrected chi connectivity index (χ0v) is 15.3. The van der Waals surface area contributed by atoms with E-state index in [0.29, 0.717) is 12.8 Å². The smallest absolute Gasteiger partial charge is 0.225 e. The highest BCUT2D eigenvalue weighted by molar-refractivity contribution is 7.93. The standard InChI is InChI=1S/C16H29NO4S/c1-15(2,3)14(19)17-12-8-7-11(9-12)13(18)10-22(20,21)16(4,5)6/h11-12H,7-10H2,1-6H3,(H,17,19)/t11-,12+/m0/s1. The molecule has 1 rings (SSSR count). The Balaban J connectivity index is 2.61. The molecule has 0 unspecified atom stereocenters. The lowest BCUT2D eigenvalue weighted by Gasteiger charge is -2.22. The van der Waals surface area contributed by atoms with Crippen LogP contribution in [0.3, 0.4) is 0 Å². The monoisotopic (exact) mass is 331 g/mol. The minimum absolute atomic E-state index is 0.0296. The fourth-order valence-electron chi connectivity index (χ4n) is 2.33. The van der Waals surface area contributed by atoms with Crippen LogP contribution in [0, 0.1) is 11.3 Å². The molecule has 0 aliphatic heterocycles. The van der Waals surface area contributed by atoms with Crippen molar-refractivity contribution in [3.63, 3.8) is 0 Å². The van der Waals surface area contributed by atoms with Crippen molar-refractivity contribution in [1.82, 2.24) is 5.32 Å². The number of rotatable bonds is 4. The summed E-state index contributed by atoms with van der Waals surface area (Å²) in [6.07, 6.45) is 1.92. The molecular formula is C16H29NO4S. The largest absolute Gasteiger partial charge is 0.353 e. The first-order chi connectivity index (χ1) is 9.74. The van der Waals surface area contributed by atoms with Gasteiger partial charge in [0.15, 0.2) is 15.6 Å². The highest BCUT2D eigenvalue weighted by atomic mass is 32.2. The van der Waals surface area contributed by atoms with Gasteiger partial charge in [0.1, 0.15) is 5.75 Å². The van der Waals surface area contributed by atoms with Gasteiger partial charge in [-0.05, 0) is 40.0 Å². The second-order valence-electron chi connectivity index (χ2n) is 8.27. The van der Waals surface area contributed by atoms with Crippen molar-refractivity contribution in [2.24, 2.45) is 11.3 Å².